The van der Waals surface area contributed by atoms with Crippen molar-refractivity contribution in [3.05, 3.63) is 22.7 Å². The van der Waals surface area contributed by atoms with Crippen LogP contribution in [0.4, 0.5) is 5.69 Å². The third kappa shape index (κ3) is 3.34. The largest absolute Gasteiger partial charge is 0.505 e. The number of alkyl halides is 1. The molecule has 1 aromatic rings. The number of nitrogens with one attached hydrogen (secondary N) is 1. The molecule has 0 bridgehead atoms. The molecule has 0 aliphatic carbocycles. The average Bonchev–Trinajstić information content (AvgIpc) is 2.32. The van der Waals surface area contributed by atoms with E-state index >= 15 is 0 Å². The van der Waals surface area contributed by atoms with E-state index in [0.29, 0.717) is 0 Å². The molecule has 0 atom stereocenters. The number of phenols is 1. The summed E-state index contributed by atoms with van der Waals surface area (Å²) in [6.07, 6.45) is 0. The second-order valence-corrected chi connectivity index (χ2v) is 4.02. The number of esters is 1. The highest BCUT2D eigenvalue weighted by atomic mass is 79.9. The van der Waals surface area contributed by atoms with Crippen molar-refractivity contribution in [3.8, 4) is 5.75 Å². The maximum Gasteiger partial charge on any atom is 0.341 e. The quantitative estimate of drug-likeness (QED) is 0.508. The summed E-state index contributed by atoms with van der Waals surface area (Å²) in [7, 11) is 1.18. The van der Waals surface area contributed by atoms with Crippen LogP contribution in [0.25, 0.3) is 0 Å². The van der Waals surface area contributed by atoms with E-state index in [-0.39, 0.29) is 33.3 Å². The van der Waals surface area contributed by atoms with Gasteiger partial charge in [-0.2, -0.15) is 0 Å². The SMILES string of the molecule is COC(=O)c1cc(Cl)cc(NC(=O)CBr)c1O. The zero-order valence-electron chi connectivity index (χ0n) is 8.79. The predicted molar refractivity (Wildman–Crippen MR) is 66.9 cm³/mol. The van der Waals surface area contributed by atoms with Gasteiger partial charge in [0.25, 0.3) is 0 Å². The Labute approximate surface area is 111 Å². The van der Waals surface area contributed by atoms with E-state index in [0.717, 1.165) is 0 Å². The van der Waals surface area contributed by atoms with E-state index in [1.165, 1.54) is 19.2 Å². The number of hydrogen-bond acceptors (Lipinski definition) is 4. The minimum absolute atomic E-state index is 0.0577. The van der Waals surface area contributed by atoms with Crippen molar-refractivity contribution >= 4 is 45.1 Å². The molecule has 0 aliphatic rings. The van der Waals surface area contributed by atoms with Crippen LogP contribution in [-0.2, 0) is 9.53 Å². The van der Waals surface area contributed by atoms with E-state index in [4.69, 9.17) is 11.6 Å². The van der Waals surface area contributed by atoms with Gasteiger partial charge in [0.05, 0.1) is 18.1 Å². The summed E-state index contributed by atoms with van der Waals surface area (Å²) >= 11 is 8.73. The summed E-state index contributed by atoms with van der Waals surface area (Å²) in [5.41, 5.74) is -0.0489. The van der Waals surface area contributed by atoms with Crippen LogP contribution in [0.5, 0.6) is 5.75 Å². The lowest BCUT2D eigenvalue weighted by molar-refractivity contribution is -0.113. The maximum absolute atomic E-state index is 11.3. The molecule has 0 aliphatic heterocycles. The fraction of sp³-hybridized carbons (Fsp3) is 0.200. The fourth-order valence-corrected chi connectivity index (χ4v) is 1.50. The zero-order valence-corrected chi connectivity index (χ0v) is 11.1. The van der Waals surface area contributed by atoms with Crippen LogP contribution in [0.1, 0.15) is 10.4 Å². The molecule has 1 rings (SSSR count). The highest BCUT2D eigenvalue weighted by Gasteiger charge is 2.17. The molecule has 1 amide bonds. The van der Waals surface area contributed by atoms with Gasteiger partial charge in [-0.05, 0) is 12.1 Å². The van der Waals surface area contributed by atoms with Crippen molar-refractivity contribution in [2.45, 2.75) is 0 Å². The first kappa shape index (κ1) is 13.8. The monoisotopic (exact) mass is 321 g/mol. The molecule has 0 fully saturated rings. The van der Waals surface area contributed by atoms with Crippen molar-refractivity contribution in [2.75, 3.05) is 17.8 Å². The van der Waals surface area contributed by atoms with Gasteiger partial charge in [-0.1, -0.05) is 27.5 Å². The Kier molecular flexibility index (Phi) is 4.77. The Balaban J connectivity index is 3.18. The summed E-state index contributed by atoms with van der Waals surface area (Å²) in [5.74, 6) is -1.49. The molecule has 0 radical (unpaired) electrons. The Morgan fingerprint density at radius 2 is 2.18 bits per heavy atom. The van der Waals surface area contributed by atoms with Crippen LogP contribution >= 0.6 is 27.5 Å². The lowest BCUT2D eigenvalue weighted by atomic mass is 10.1. The summed E-state index contributed by atoms with van der Waals surface area (Å²) in [5, 5.41) is 12.4. The molecule has 0 aromatic heterocycles. The molecule has 17 heavy (non-hydrogen) atoms. The van der Waals surface area contributed by atoms with Crippen LogP contribution in [-0.4, -0.2) is 29.4 Å². The molecule has 1 aromatic carbocycles. The molecule has 0 unspecified atom stereocenters. The van der Waals surface area contributed by atoms with Gasteiger partial charge < -0.3 is 15.2 Å². The van der Waals surface area contributed by atoms with Gasteiger partial charge in [0.1, 0.15) is 5.56 Å². The Morgan fingerprint density at radius 3 is 2.71 bits per heavy atom. The number of anilines is 1. The minimum Gasteiger partial charge on any atom is -0.505 e. The van der Waals surface area contributed by atoms with E-state index in [9.17, 15) is 14.7 Å². The van der Waals surface area contributed by atoms with E-state index in [2.05, 4.69) is 26.0 Å². The first-order valence-electron chi connectivity index (χ1n) is 4.46. The second kappa shape index (κ2) is 5.88. The number of amides is 1. The molecule has 92 valence electrons. The molecule has 7 heteroatoms. The number of halogens is 2. The third-order valence-corrected chi connectivity index (χ3v) is 2.60. The molecule has 0 saturated carbocycles. The predicted octanol–water partition coefficient (Wildman–Crippen LogP) is 2.17. The summed E-state index contributed by atoms with van der Waals surface area (Å²) < 4.78 is 4.48. The Bertz CT molecular complexity index is 464. The van der Waals surface area contributed by atoms with E-state index in [1.54, 1.807) is 0 Å². The zero-order chi connectivity index (χ0) is 13.0. The van der Waals surface area contributed by atoms with Crippen LogP contribution in [0, 0.1) is 0 Å². The van der Waals surface area contributed by atoms with Crippen LogP contribution < -0.4 is 5.32 Å². The fourth-order valence-electron chi connectivity index (χ4n) is 1.14. The van der Waals surface area contributed by atoms with Crippen molar-refractivity contribution in [1.82, 2.24) is 0 Å². The number of carbonyl (C=O) groups excluding carboxylic acids is 2. The van der Waals surface area contributed by atoms with Crippen LogP contribution in [0.15, 0.2) is 12.1 Å². The highest BCUT2D eigenvalue weighted by Crippen LogP contribution is 2.32. The van der Waals surface area contributed by atoms with Crippen molar-refractivity contribution in [2.24, 2.45) is 0 Å². The van der Waals surface area contributed by atoms with Gasteiger partial charge in [-0.25, -0.2) is 4.79 Å². The molecular formula is C10H9BrClNO4. The Hall–Kier alpha value is -1.27. The van der Waals surface area contributed by atoms with Crippen LogP contribution in [0.3, 0.4) is 0 Å². The lowest BCUT2D eigenvalue weighted by Crippen LogP contribution is -2.13. The Morgan fingerprint density at radius 1 is 1.53 bits per heavy atom. The van der Waals surface area contributed by atoms with Gasteiger partial charge in [0.15, 0.2) is 5.75 Å². The topological polar surface area (TPSA) is 75.6 Å². The molecule has 0 saturated heterocycles. The van der Waals surface area contributed by atoms with Gasteiger partial charge >= 0.3 is 5.97 Å². The lowest BCUT2D eigenvalue weighted by Gasteiger charge is -2.10. The van der Waals surface area contributed by atoms with Gasteiger partial charge in [-0.15, -0.1) is 0 Å². The second-order valence-electron chi connectivity index (χ2n) is 3.02. The van der Waals surface area contributed by atoms with E-state index < -0.39 is 5.97 Å². The number of rotatable bonds is 3. The number of hydrogen-bond donors (Lipinski definition) is 2. The van der Waals surface area contributed by atoms with Gasteiger partial charge in [0.2, 0.25) is 5.91 Å². The molecular weight excluding hydrogens is 313 g/mol. The normalized spacial score (nSPS) is 9.82. The van der Waals surface area contributed by atoms with Crippen molar-refractivity contribution in [3.63, 3.8) is 0 Å². The number of methoxy groups -OCH3 is 1. The number of ether oxygens (including phenoxy) is 1. The third-order valence-electron chi connectivity index (χ3n) is 1.88. The number of aromatic hydroxyl groups is 1. The molecule has 0 heterocycles. The van der Waals surface area contributed by atoms with Crippen LogP contribution in [0.2, 0.25) is 5.02 Å². The number of carbonyl (C=O) groups is 2. The maximum atomic E-state index is 11.3. The van der Waals surface area contributed by atoms with Crippen molar-refractivity contribution in [1.29, 1.82) is 0 Å². The smallest absolute Gasteiger partial charge is 0.341 e. The van der Waals surface area contributed by atoms with Gasteiger partial charge in [-0.3, -0.25) is 4.79 Å². The molecule has 0 spiro atoms. The van der Waals surface area contributed by atoms with Gasteiger partial charge in [0, 0.05) is 5.02 Å². The molecule has 2 N–H and O–H groups in total. The average molecular weight is 323 g/mol. The summed E-state index contributed by atoms with van der Waals surface area (Å²) in [4.78, 5) is 22.5. The van der Waals surface area contributed by atoms with E-state index in [1.807, 2.05) is 0 Å². The van der Waals surface area contributed by atoms with Crippen molar-refractivity contribution < 1.29 is 19.4 Å². The minimum atomic E-state index is -0.737. The summed E-state index contributed by atoms with van der Waals surface area (Å²) in [6, 6.07) is 2.59. The standard InChI is InChI=1S/C10H9BrClNO4/c1-17-10(16)6-2-5(12)3-7(9(6)15)13-8(14)4-11/h2-3,15H,4H2,1H3,(H,13,14). The highest BCUT2D eigenvalue weighted by molar-refractivity contribution is 9.09. The first-order chi connectivity index (χ1) is 7.99. The number of phenolic OH excluding ortho intramolecular Hbond substituents is 1. The molecule has 5 nitrogen and oxygen atoms in total. The first-order valence-corrected chi connectivity index (χ1v) is 5.96. The summed E-state index contributed by atoms with van der Waals surface area (Å²) in [6.45, 7) is 0. The number of benzene rings is 1.